The molecule has 0 saturated carbocycles. The van der Waals surface area contributed by atoms with E-state index in [0.29, 0.717) is 40.9 Å². The number of halogens is 1. The van der Waals surface area contributed by atoms with Crippen LogP contribution >= 0.6 is 11.6 Å². The Morgan fingerprint density at radius 1 is 0.935 bits per heavy atom. The summed E-state index contributed by atoms with van der Waals surface area (Å²) in [5.74, 6) is 1.47. The van der Waals surface area contributed by atoms with Gasteiger partial charge in [-0.2, -0.15) is 0 Å². The maximum absolute atomic E-state index is 13.1. The van der Waals surface area contributed by atoms with E-state index in [9.17, 15) is 4.79 Å². The summed E-state index contributed by atoms with van der Waals surface area (Å²) in [7, 11) is 3.18. The summed E-state index contributed by atoms with van der Waals surface area (Å²) in [6.45, 7) is 2.36. The Hall–Kier alpha value is -3.18. The fourth-order valence-corrected chi connectivity index (χ4v) is 3.44. The summed E-state index contributed by atoms with van der Waals surface area (Å²) in [5.41, 5.74) is 2.32. The number of amides is 1. The molecule has 0 aliphatic rings. The van der Waals surface area contributed by atoms with Crippen molar-refractivity contribution in [1.82, 2.24) is 5.32 Å². The predicted octanol–water partition coefficient (Wildman–Crippen LogP) is 5.82. The first-order valence-electron chi connectivity index (χ1n) is 10.0. The Morgan fingerprint density at radius 3 is 2.32 bits per heavy atom. The number of carbonyl (C=O) groups is 1. The zero-order chi connectivity index (χ0) is 22.2. The Morgan fingerprint density at radius 2 is 1.65 bits per heavy atom. The van der Waals surface area contributed by atoms with Crippen molar-refractivity contribution in [2.24, 2.45) is 0 Å². The number of hydrogen-bond acceptors (Lipinski definition) is 4. The quantitative estimate of drug-likeness (QED) is 0.456. The lowest BCUT2D eigenvalue weighted by Crippen LogP contribution is -2.28. The average Bonchev–Trinajstić information content (AvgIpc) is 2.81. The first-order valence-corrected chi connectivity index (χ1v) is 10.4. The van der Waals surface area contributed by atoms with Gasteiger partial charge in [0, 0.05) is 5.02 Å². The van der Waals surface area contributed by atoms with Crippen LogP contribution in [0.3, 0.4) is 0 Å². The molecule has 3 rings (SSSR count). The molecule has 6 heteroatoms. The molecule has 3 aromatic carbocycles. The van der Waals surface area contributed by atoms with E-state index in [2.05, 4.69) is 5.32 Å². The van der Waals surface area contributed by atoms with E-state index in [1.165, 1.54) is 0 Å². The van der Waals surface area contributed by atoms with Crippen LogP contribution in [-0.2, 0) is 6.61 Å². The van der Waals surface area contributed by atoms with Crippen LogP contribution in [0.5, 0.6) is 17.2 Å². The largest absolute Gasteiger partial charge is 0.493 e. The van der Waals surface area contributed by atoms with Gasteiger partial charge in [-0.25, -0.2) is 0 Å². The van der Waals surface area contributed by atoms with Crippen molar-refractivity contribution >= 4 is 17.5 Å². The number of rotatable bonds is 9. The van der Waals surface area contributed by atoms with Crippen LogP contribution in [0.2, 0.25) is 5.02 Å². The molecule has 1 atom stereocenters. The molecule has 0 aliphatic heterocycles. The molecule has 0 unspecified atom stereocenters. The minimum Gasteiger partial charge on any atom is -0.493 e. The highest BCUT2D eigenvalue weighted by Crippen LogP contribution is 2.31. The van der Waals surface area contributed by atoms with Crippen molar-refractivity contribution < 1.29 is 19.0 Å². The Kier molecular flexibility index (Phi) is 7.79. The zero-order valence-corrected chi connectivity index (χ0v) is 18.6. The van der Waals surface area contributed by atoms with Gasteiger partial charge in [-0.15, -0.1) is 0 Å². The number of carbonyl (C=O) groups excluding carboxylic acids is 1. The fraction of sp³-hybridized carbons (Fsp3) is 0.240. The summed E-state index contributed by atoms with van der Waals surface area (Å²) in [6.07, 6.45) is 0.696. The predicted molar refractivity (Wildman–Crippen MR) is 122 cm³/mol. The molecule has 31 heavy (non-hydrogen) atoms. The third kappa shape index (κ3) is 5.70. The number of nitrogens with one attached hydrogen (secondary N) is 1. The Balaban J connectivity index is 1.80. The molecule has 162 valence electrons. The van der Waals surface area contributed by atoms with Crippen LogP contribution < -0.4 is 19.5 Å². The monoisotopic (exact) mass is 439 g/mol. The minimum atomic E-state index is -0.257. The van der Waals surface area contributed by atoms with E-state index < -0.39 is 0 Å². The van der Waals surface area contributed by atoms with Crippen LogP contribution in [0.1, 0.15) is 40.9 Å². The van der Waals surface area contributed by atoms with Crippen LogP contribution in [0.25, 0.3) is 0 Å². The van der Waals surface area contributed by atoms with Gasteiger partial charge in [-0.1, -0.05) is 54.9 Å². The second kappa shape index (κ2) is 10.7. The number of hydrogen-bond donors (Lipinski definition) is 1. The van der Waals surface area contributed by atoms with E-state index in [1.807, 2.05) is 55.5 Å². The molecular weight excluding hydrogens is 414 g/mol. The van der Waals surface area contributed by atoms with Crippen molar-refractivity contribution in [3.63, 3.8) is 0 Å². The standard InChI is InChI=1S/C25H26ClNO4/c1-4-21(18-10-12-23(29-2)24(14-18)30-3)27-25(28)20-15-19(26)11-13-22(20)31-16-17-8-6-5-7-9-17/h5-15,21H,4,16H2,1-3H3,(H,27,28)/t21-/m1/s1. The van der Waals surface area contributed by atoms with Crippen molar-refractivity contribution in [2.75, 3.05) is 14.2 Å². The number of ether oxygens (including phenoxy) is 3. The average molecular weight is 440 g/mol. The van der Waals surface area contributed by atoms with Crippen molar-refractivity contribution in [2.45, 2.75) is 26.0 Å². The van der Waals surface area contributed by atoms with Crippen LogP contribution in [0.15, 0.2) is 66.7 Å². The lowest BCUT2D eigenvalue weighted by Gasteiger charge is -2.20. The van der Waals surface area contributed by atoms with E-state index >= 15 is 0 Å². The maximum Gasteiger partial charge on any atom is 0.255 e. The van der Waals surface area contributed by atoms with E-state index in [1.54, 1.807) is 32.4 Å². The fourth-order valence-electron chi connectivity index (χ4n) is 3.27. The molecule has 1 amide bonds. The van der Waals surface area contributed by atoms with Crippen LogP contribution in [-0.4, -0.2) is 20.1 Å². The lowest BCUT2D eigenvalue weighted by atomic mass is 10.0. The number of benzene rings is 3. The molecule has 0 bridgehead atoms. The Labute approximate surface area is 187 Å². The first-order chi connectivity index (χ1) is 15.0. The third-order valence-electron chi connectivity index (χ3n) is 4.95. The Bertz CT molecular complexity index is 1020. The topological polar surface area (TPSA) is 56.8 Å². The second-order valence-corrected chi connectivity index (χ2v) is 7.40. The zero-order valence-electron chi connectivity index (χ0n) is 17.9. The summed E-state index contributed by atoms with van der Waals surface area (Å²) >= 11 is 6.17. The normalized spacial score (nSPS) is 11.5. The molecule has 0 aromatic heterocycles. The molecule has 0 fully saturated rings. The van der Waals surface area contributed by atoms with Gasteiger partial charge in [0.05, 0.1) is 25.8 Å². The molecule has 0 radical (unpaired) electrons. The van der Waals surface area contributed by atoms with Gasteiger partial charge in [0.25, 0.3) is 5.91 Å². The summed E-state index contributed by atoms with van der Waals surface area (Å²) in [4.78, 5) is 13.1. The first kappa shape index (κ1) is 22.5. The van der Waals surface area contributed by atoms with Gasteiger partial charge >= 0.3 is 0 Å². The summed E-state index contributed by atoms with van der Waals surface area (Å²) in [5, 5.41) is 3.55. The highest BCUT2D eigenvalue weighted by atomic mass is 35.5. The molecular formula is C25H26ClNO4. The highest BCUT2D eigenvalue weighted by Gasteiger charge is 2.19. The molecule has 0 saturated heterocycles. The van der Waals surface area contributed by atoms with Gasteiger partial charge in [0.1, 0.15) is 12.4 Å². The molecule has 5 nitrogen and oxygen atoms in total. The van der Waals surface area contributed by atoms with Crippen LogP contribution in [0, 0.1) is 0 Å². The molecule has 0 aliphatic carbocycles. The van der Waals surface area contributed by atoms with Gasteiger partial charge in [-0.3, -0.25) is 4.79 Å². The van der Waals surface area contributed by atoms with E-state index in [0.717, 1.165) is 11.1 Å². The molecule has 0 heterocycles. The van der Waals surface area contributed by atoms with Gasteiger partial charge in [-0.05, 0) is 47.9 Å². The third-order valence-corrected chi connectivity index (χ3v) is 5.18. The SMILES string of the molecule is CC[C@@H](NC(=O)c1cc(Cl)ccc1OCc1ccccc1)c1ccc(OC)c(OC)c1. The van der Waals surface area contributed by atoms with Gasteiger partial charge in [0.15, 0.2) is 11.5 Å². The minimum absolute atomic E-state index is 0.215. The van der Waals surface area contributed by atoms with E-state index in [-0.39, 0.29) is 11.9 Å². The molecule has 1 N–H and O–H groups in total. The van der Waals surface area contributed by atoms with Crippen molar-refractivity contribution in [3.05, 3.63) is 88.4 Å². The second-order valence-electron chi connectivity index (χ2n) is 6.96. The molecule has 3 aromatic rings. The molecule has 0 spiro atoms. The smallest absolute Gasteiger partial charge is 0.255 e. The number of methoxy groups -OCH3 is 2. The van der Waals surface area contributed by atoms with Gasteiger partial charge in [0.2, 0.25) is 0 Å². The lowest BCUT2D eigenvalue weighted by molar-refractivity contribution is 0.0931. The highest BCUT2D eigenvalue weighted by molar-refractivity contribution is 6.31. The summed E-state index contributed by atoms with van der Waals surface area (Å²) in [6, 6.07) is 20.2. The maximum atomic E-state index is 13.1. The van der Waals surface area contributed by atoms with E-state index in [4.69, 9.17) is 25.8 Å². The van der Waals surface area contributed by atoms with Gasteiger partial charge < -0.3 is 19.5 Å². The summed E-state index contributed by atoms with van der Waals surface area (Å²) < 4.78 is 16.6. The van der Waals surface area contributed by atoms with Crippen molar-refractivity contribution in [1.29, 1.82) is 0 Å². The van der Waals surface area contributed by atoms with Crippen LogP contribution in [0.4, 0.5) is 0 Å². The van der Waals surface area contributed by atoms with Crippen molar-refractivity contribution in [3.8, 4) is 17.2 Å².